The van der Waals surface area contributed by atoms with E-state index in [9.17, 15) is 0 Å². The Hall–Kier alpha value is -1.71. The minimum absolute atomic E-state index is 0.646. The number of nitrogen functional groups attached to an aromatic ring is 1. The highest BCUT2D eigenvalue weighted by Gasteiger charge is 2.23. The molecule has 0 unspecified atom stereocenters. The first-order chi connectivity index (χ1) is 8.78. The molecule has 3 N–H and O–H groups in total. The molecule has 1 aliphatic carbocycles. The number of nitrogens with zero attached hydrogens (tertiary/aromatic N) is 2. The molecule has 0 bridgehead atoms. The van der Waals surface area contributed by atoms with Gasteiger partial charge in [-0.1, -0.05) is 12.8 Å². The van der Waals surface area contributed by atoms with Gasteiger partial charge >= 0.3 is 0 Å². The molecule has 0 amide bonds. The molecule has 0 spiro atoms. The number of rotatable bonds is 3. The predicted octanol–water partition coefficient (Wildman–Crippen LogP) is 2.91. The molecule has 1 fully saturated rings. The summed E-state index contributed by atoms with van der Waals surface area (Å²) in [6.07, 6.45) is 5.25. The van der Waals surface area contributed by atoms with Crippen molar-refractivity contribution in [3.8, 4) is 0 Å². The Bertz CT molecular complexity index is 540. The Morgan fingerprint density at radius 1 is 1.39 bits per heavy atom. The van der Waals surface area contributed by atoms with Crippen LogP contribution in [-0.2, 0) is 0 Å². The number of nitrogens with one attached hydrogen (secondary N) is 1. The lowest BCUT2D eigenvalue weighted by molar-refractivity contribution is 0.608. The lowest BCUT2D eigenvalue weighted by Crippen LogP contribution is -2.33. The second kappa shape index (κ2) is 4.52. The molecule has 2 aromatic rings. The maximum absolute atomic E-state index is 5.80. The third-order valence-corrected chi connectivity index (χ3v) is 3.87. The molecular formula is C14H20N4. The van der Waals surface area contributed by atoms with E-state index in [4.69, 9.17) is 5.73 Å². The van der Waals surface area contributed by atoms with Gasteiger partial charge in [-0.3, -0.25) is 0 Å². The quantitative estimate of drug-likeness (QED) is 0.816. The average Bonchev–Trinajstić information content (AvgIpc) is 2.98. The minimum atomic E-state index is 0.646. The largest absolute Gasteiger partial charge is 0.399 e. The smallest absolute Gasteiger partial charge is 0.204 e. The highest BCUT2D eigenvalue weighted by molar-refractivity contribution is 5.80. The number of anilines is 2. The van der Waals surface area contributed by atoms with Crippen molar-refractivity contribution < 1.29 is 0 Å². The molecule has 18 heavy (non-hydrogen) atoms. The average molecular weight is 244 g/mol. The SMILES string of the molecule is CCN(c1nc2ccc(N)cc2[nH]1)C1CCCC1. The molecule has 0 aliphatic heterocycles. The molecule has 1 saturated carbocycles. The Labute approximate surface area is 107 Å². The number of H-pyrrole nitrogens is 1. The van der Waals surface area contributed by atoms with Crippen LogP contribution in [0.3, 0.4) is 0 Å². The third kappa shape index (κ3) is 1.92. The monoisotopic (exact) mass is 244 g/mol. The van der Waals surface area contributed by atoms with Crippen molar-refractivity contribution in [1.29, 1.82) is 0 Å². The van der Waals surface area contributed by atoms with Gasteiger partial charge in [0.2, 0.25) is 5.95 Å². The van der Waals surface area contributed by atoms with Gasteiger partial charge in [-0.05, 0) is 38.0 Å². The van der Waals surface area contributed by atoms with E-state index < -0.39 is 0 Å². The molecule has 0 saturated heterocycles. The fourth-order valence-electron chi connectivity index (χ4n) is 2.95. The number of aromatic amines is 1. The van der Waals surface area contributed by atoms with Crippen molar-refractivity contribution in [2.45, 2.75) is 38.6 Å². The highest BCUT2D eigenvalue weighted by Crippen LogP contribution is 2.28. The van der Waals surface area contributed by atoms with Gasteiger partial charge in [0, 0.05) is 18.3 Å². The van der Waals surface area contributed by atoms with Crippen molar-refractivity contribution in [2.24, 2.45) is 0 Å². The summed E-state index contributed by atoms with van der Waals surface area (Å²) in [6, 6.07) is 6.48. The maximum atomic E-state index is 5.80. The number of hydrogen-bond donors (Lipinski definition) is 2. The van der Waals surface area contributed by atoms with E-state index in [-0.39, 0.29) is 0 Å². The number of fused-ring (bicyclic) bond motifs is 1. The molecule has 3 rings (SSSR count). The summed E-state index contributed by atoms with van der Waals surface area (Å²) in [5.74, 6) is 0.991. The number of hydrogen-bond acceptors (Lipinski definition) is 3. The molecule has 1 aromatic carbocycles. The summed E-state index contributed by atoms with van der Waals surface area (Å²) in [7, 11) is 0. The Morgan fingerprint density at radius 3 is 2.89 bits per heavy atom. The fraction of sp³-hybridized carbons (Fsp3) is 0.500. The van der Waals surface area contributed by atoms with Crippen LogP contribution in [0.1, 0.15) is 32.6 Å². The second-order valence-corrected chi connectivity index (χ2v) is 5.06. The summed E-state index contributed by atoms with van der Waals surface area (Å²) < 4.78 is 0. The highest BCUT2D eigenvalue weighted by atomic mass is 15.3. The summed E-state index contributed by atoms with van der Waals surface area (Å²) in [6.45, 7) is 3.19. The number of imidazole rings is 1. The van der Waals surface area contributed by atoms with Crippen molar-refractivity contribution in [3.63, 3.8) is 0 Å². The zero-order valence-corrected chi connectivity index (χ0v) is 10.8. The van der Waals surface area contributed by atoms with Crippen LogP contribution in [0.15, 0.2) is 18.2 Å². The molecule has 96 valence electrons. The summed E-state index contributed by atoms with van der Waals surface area (Å²) >= 11 is 0. The van der Waals surface area contributed by atoms with Crippen LogP contribution in [0.5, 0.6) is 0 Å². The standard InChI is InChI=1S/C14H20N4/c1-2-18(11-5-3-4-6-11)14-16-12-8-7-10(15)9-13(12)17-14/h7-9,11H,2-6,15H2,1H3,(H,16,17). The van der Waals surface area contributed by atoms with Crippen LogP contribution >= 0.6 is 0 Å². The number of aromatic nitrogens is 2. The van der Waals surface area contributed by atoms with Crippen LogP contribution in [0.25, 0.3) is 11.0 Å². The van der Waals surface area contributed by atoms with E-state index >= 15 is 0 Å². The van der Waals surface area contributed by atoms with Crippen LogP contribution < -0.4 is 10.6 Å². The van der Waals surface area contributed by atoms with E-state index in [0.29, 0.717) is 6.04 Å². The Morgan fingerprint density at radius 2 is 2.17 bits per heavy atom. The Balaban J connectivity index is 1.96. The summed E-state index contributed by atoms with van der Waals surface area (Å²) in [5.41, 5.74) is 8.61. The van der Waals surface area contributed by atoms with E-state index in [1.165, 1.54) is 25.7 Å². The Kier molecular flexibility index (Phi) is 2.86. The molecular weight excluding hydrogens is 224 g/mol. The molecule has 1 heterocycles. The first-order valence-corrected chi connectivity index (χ1v) is 6.80. The van der Waals surface area contributed by atoms with Gasteiger partial charge in [-0.2, -0.15) is 0 Å². The van der Waals surface area contributed by atoms with Gasteiger partial charge in [-0.15, -0.1) is 0 Å². The van der Waals surface area contributed by atoms with Gasteiger partial charge < -0.3 is 15.6 Å². The van der Waals surface area contributed by atoms with Gasteiger partial charge in [0.25, 0.3) is 0 Å². The first-order valence-electron chi connectivity index (χ1n) is 6.80. The predicted molar refractivity (Wildman–Crippen MR) is 75.8 cm³/mol. The third-order valence-electron chi connectivity index (χ3n) is 3.87. The second-order valence-electron chi connectivity index (χ2n) is 5.06. The molecule has 0 atom stereocenters. The van der Waals surface area contributed by atoms with E-state index in [2.05, 4.69) is 21.8 Å². The van der Waals surface area contributed by atoms with Gasteiger partial charge in [0.15, 0.2) is 0 Å². The van der Waals surface area contributed by atoms with Crippen molar-refractivity contribution in [2.75, 3.05) is 17.2 Å². The topological polar surface area (TPSA) is 57.9 Å². The fourth-order valence-corrected chi connectivity index (χ4v) is 2.95. The van der Waals surface area contributed by atoms with E-state index in [1.807, 2.05) is 18.2 Å². The van der Waals surface area contributed by atoms with Crippen LogP contribution in [0, 0.1) is 0 Å². The summed E-state index contributed by atoms with van der Waals surface area (Å²) in [5, 5.41) is 0. The zero-order chi connectivity index (χ0) is 12.5. The normalized spacial score (nSPS) is 16.5. The van der Waals surface area contributed by atoms with Crippen LogP contribution in [0.4, 0.5) is 11.6 Å². The molecule has 1 aliphatic rings. The summed E-state index contributed by atoms with van der Waals surface area (Å²) in [4.78, 5) is 10.5. The molecule has 1 aromatic heterocycles. The van der Waals surface area contributed by atoms with Crippen molar-refractivity contribution >= 4 is 22.7 Å². The molecule has 4 nitrogen and oxygen atoms in total. The van der Waals surface area contributed by atoms with Crippen LogP contribution in [-0.4, -0.2) is 22.6 Å². The number of benzene rings is 1. The zero-order valence-electron chi connectivity index (χ0n) is 10.8. The van der Waals surface area contributed by atoms with Crippen LogP contribution in [0.2, 0.25) is 0 Å². The van der Waals surface area contributed by atoms with Crippen molar-refractivity contribution in [1.82, 2.24) is 9.97 Å². The minimum Gasteiger partial charge on any atom is -0.399 e. The van der Waals surface area contributed by atoms with Gasteiger partial charge in [-0.25, -0.2) is 4.98 Å². The van der Waals surface area contributed by atoms with Crippen molar-refractivity contribution in [3.05, 3.63) is 18.2 Å². The maximum Gasteiger partial charge on any atom is 0.204 e. The van der Waals surface area contributed by atoms with E-state index in [1.54, 1.807) is 0 Å². The van der Waals surface area contributed by atoms with Gasteiger partial charge in [0.05, 0.1) is 11.0 Å². The molecule has 0 radical (unpaired) electrons. The first kappa shape index (κ1) is 11.4. The lowest BCUT2D eigenvalue weighted by atomic mass is 10.2. The lowest BCUT2D eigenvalue weighted by Gasteiger charge is -2.26. The number of nitrogens with two attached hydrogens (primary N) is 1. The van der Waals surface area contributed by atoms with E-state index in [0.717, 1.165) is 29.2 Å². The molecule has 4 heteroatoms. The van der Waals surface area contributed by atoms with Gasteiger partial charge in [0.1, 0.15) is 0 Å².